The molecule has 1 aliphatic rings. The van der Waals surface area contributed by atoms with Crippen molar-refractivity contribution in [2.24, 2.45) is 5.10 Å². The van der Waals surface area contributed by atoms with E-state index >= 15 is 0 Å². The quantitative estimate of drug-likeness (QED) is 0.557. The molecule has 1 heterocycles. The summed E-state index contributed by atoms with van der Waals surface area (Å²) in [7, 11) is 3.90. The lowest BCUT2D eigenvalue weighted by molar-refractivity contribution is -0.137. The van der Waals surface area contributed by atoms with Crippen LogP contribution in [0.15, 0.2) is 47.6 Å². The van der Waals surface area contributed by atoms with Gasteiger partial charge >= 0.3 is 12.3 Å². The standard InChI is InChI=1S/C22H24ClF3N4O3/c1-29(2)11-3-10-27-21(31)33-19-9-8-18(23)12-16(19)13-30-14-32-20(28-30)15-4-6-17(7-5-15)22(24,25)26/h4-9,12H,3,10-11,13-14H2,1-2H3,(H,27,31). The smallest absolute Gasteiger partial charge is 0.416 e. The molecule has 0 spiro atoms. The van der Waals surface area contributed by atoms with E-state index in [0.29, 0.717) is 28.4 Å². The van der Waals surface area contributed by atoms with Gasteiger partial charge in [0.2, 0.25) is 5.90 Å². The first-order chi connectivity index (χ1) is 15.6. The van der Waals surface area contributed by atoms with E-state index in [4.69, 9.17) is 21.1 Å². The first-order valence-electron chi connectivity index (χ1n) is 10.1. The van der Waals surface area contributed by atoms with Gasteiger partial charge in [0.15, 0.2) is 6.73 Å². The number of hydrogen-bond acceptors (Lipinski definition) is 6. The molecule has 0 atom stereocenters. The Morgan fingerprint density at radius 2 is 1.97 bits per heavy atom. The third-order valence-corrected chi connectivity index (χ3v) is 4.91. The molecular formula is C22H24ClF3N4O3. The molecule has 11 heteroatoms. The largest absolute Gasteiger partial charge is 0.453 e. The van der Waals surface area contributed by atoms with E-state index in [1.165, 1.54) is 12.1 Å². The number of alkyl halides is 3. The minimum absolute atomic E-state index is 0.0824. The van der Waals surface area contributed by atoms with Gasteiger partial charge in [0.25, 0.3) is 0 Å². The number of benzene rings is 2. The summed E-state index contributed by atoms with van der Waals surface area (Å²) in [5.41, 5.74) is 0.277. The molecular weight excluding hydrogens is 461 g/mol. The maximum atomic E-state index is 12.8. The van der Waals surface area contributed by atoms with Crippen molar-refractivity contribution in [1.82, 2.24) is 15.2 Å². The highest BCUT2D eigenvalue weighted by molar-refractivity contribution is 6.30. The normalized spacial score (nSPS) is 13.7. The van der Waals surface area contributed by atoms with Gasteiger partial charge in [-0.3, -0.25) is 5.01 Å². The molecule has 3 rings (SSSR count). The monoisotopic (exact) mass is 484 g/mol. The Kier molecular flexibility index (Phi) is 8.04. The second-order valence-electron chi connectivity index (χ2n) is 7.64. The van der Waals surface area contributed by atoms with E-state index in [9.17, 15) is 18.0 Å². The van der Waals surface area contributed by atoms with Gasteiger partial charge in [-0.05, 0) is 69.5 Å². The molecule has 0 fully saturated rings. The maximum absolute atomic E-state index is 12.8. The lowest BCUT2D eigenvalue weighted by atomic mass is 10.1. The zero-order chi connectivity index (χ0) is 24.0. The number of nitrogens with one attached hydrogen (secondary N) is 1. The first kappa shape index (κ1) is 24.7. The Balaban J connectivity index is 1.64. The summed E-state index contributed by atoms with van der Waals surface area (Å²) in [5.74, 6) is 0.523. The van der Waals surface area contributed by atoms with Gasteiger partial charge in [-0.1, -0.05) is 11.6 Å². The number of amides is 1. The second-order valence-corrected chi connectivity index (χ2v) is 8.08. The third-order valence-electron chi connectivity index (χ3n) is 4.67. The van der Waals surface area contributed by atoms with Crippen molar-refractivity contribution in [2.75, 3.05) is 33.9 Å². The highest BCUT2D eigenvalue weighted by atomic mass is 35.5. The number of hydrogen-bond donors (Lipinski definition) is 1. The van der Waals surface area contributed by atoms with Crippen LogP contribution in [-0.2, 0) is 17.5 Å². The van der Waals surface area contributed by atoms with Gasteiger partial charge in [-0.2, -0.15) is 13.2 Å². The highest BCUT2D eigenvalue weighted by Gasteiger charge is 2.30. The molecule has 0 aliphatic carbocycles. The van der Waals surface area contributed by atoms with Crippen LogP contribution in [-0.4, -0.2) is 55.8 Å². The van der Waals surface area contributed by atoms with Crippen molar-refractivity contribution in [3.05, 3.63) is 64.2 Å². The molecule has 1 amide bonds. The van der Waals surface area contributed by atoms with E-state index < -0.39 is 17.8 Å². The molecule has 0 radical (unpaired) electrons. The summed E-state index contributed by atoms with van der Waals surface area (Å²) < 4.78 is 49.2. The van der Waals surface area contributed by atoms with Crippen LogP contribution in [0.25, 0.3) is 0 Å². The number of ether oxygens (including phenoxy) is 2. The number of halogens is 4. The Morgan fingerprint density at radius 1 is 1.24 bits per heavy atom. The molecule has 178 valence electrons. The van der Waals surface area contributed by atoms with E-state index in [1.807, 2.05) is 19.0 Å². The van der Waals surface area contributed by atoms with Crippen molar-refractivity contribution >= 4 is 23.6 Å². The summed E-state index contributed by atoms with van der Waals surface area (Å²) in [5, 5.41) is 9.02. The van der Waals surface area contributed by atoms with E-state index in [0.717, 1.165) is 25.1 Å². The SMILES string of the molecule is CN(C)CCCNC(=O)Oc1ccc(Cl)cc1CN1COC(c2ccc(C(F)(F)F)cc2)=N1. The van der Waals surface area contributed by atoms with Crippen LogP contribution in [0, 0.1) is 0 Å². The van der Waals surface area contributed by atoms with Gasteiger partial charge in [0.1, 0.15) is 5.75 Å². The maximum Gasteiger partial charge on any atom is 0.416 e. The molecule has 0 unspecified atom stereocenters. The van der Waals surface area contributed by atoms with Crippen LogP contribution < -0.4 is 10.1 Å². The predicted molar refractivity (Wildman–Crippen MR) is 118 cm³/mol. The fourth-order valence-corrected chi connectivity index (χ4v) is 3.23. The molecule has 0 saturated carbocycles. The lowest BCUT2D eigenvalue weighted by Gasteiger charge is -2.15. The molecule has 0 bridgehead atoms. The summed E-state index contributed by atoms with van der Waals surface area (Å²) in [6.07, 6.45) is -4.21. The first-order valence-corrected chi connectivity index (χ1v) is 10.5. The van der Waals surface area contributed by atoms with Gasteiger partial charge in [-0.25, -0.2) is 4.79 Å². The second kappa shape index (κ2) is 10.8. The number of hydrazone groups is 1. The van der Waals surface area contributed by atoms with Gasteiger partial charge in [-0.15, -0.1) is 5.10 Å². The zero-order valence-corrected chi connectivity index (χ0v) is 18.9. The van der Waals surface area contributed by atoms with E-state index in [-0.39, 0.29) is 19.2 Å². The molecule has 0 saturated heterocycles. The fraction of sp³-hybridized carbons (Fsp3) is 0.364. The Hall–Kier alpha value is -2.98. The van der Waals surface area contributed by atoms with Crippen LogP contribution in [0.4, 0.5) is 18.0 Å². The van der Waals surface area contributed by atoms with Crippen molar-refractivity contribution in [3.63, 3.8) is 0 Å². The average Bonchev–Trinajstić information content (AvgIpc) is 3.21. The van der Waals surface area contributed by atoms with Crippen molar-refractivity contribution in [3.8, 4) is 5.75 Å². The van der Waals surface area contributed by atoms with Crippen LogP contribution >= 0.6 is 11.6 Å². The Bertz CT molecular complexity index is 997. The Morgan fingerprint density at radius 3 is 2.64 bits per heavy atom. The van der Waals surface area contributed by atoms with Crippen LogP contribution in [0.1, 0.15) is 23.1 Å². The molecule has 0 aromatic heterocycles. The van der Waals surface area contributed by atoms with Gasteiger partial charge in [0.05, 0.1) is 12.1 Å². The predicted octanol–water partition coefficient (Wildman–Crippen LogP) is 4.55. The van der Waals surface area contributed by atoms with Crippen molar-refractivity contribution in [1.29, 1.82) is 0 Å². The summed E-state index contributed by atoms with van der Waals surface area (Å²) in [4.78, 5) is 14.2. The number of carbonyl (C=O) groups excluding carboxylic acids is 1. The molecule has 2 aromatic rings. The van der Waals surface area contributed by atoms with Crippen molar-refractivity contribution < 1.29 is 27.4 Å². The lowest BCUT2D eigenvalue weighted by Crippen LogP contribution is -2.30. The highest BCUT2D eigenvalue weighted by Crippen LogP contribution is 2.30. The van der Waals surface area contributed by atoms with Crippen molar-refractivity contribution in [2.45, 2.75) is 19.1 Å². The van der Waals surface area contributed by atoms with Crippen LogP contribution in [0.5, 0.6) is 5.75 Å². The van der Waals surface area contributed by atoms with E-state index in [1.54, 1.807) is 23.2 Å². The number of carbonyl (C=O) groups is 1. The molecule has 2 aromatic carbocycles. The zero-order valence-electron chi connectivity index (χ0n) is 18.2. The van der Waals surface area contributed by atoms with Crippen LogP contribution in [0.2, 0.25) is 5.02 Å². The molecule has 33 heavy (non-hydrogen) atoms. The molecule has 1 N–H and O–H groups in total. The third kappa shape index (κ3) is 7.26. The van der Waals surface area contributed by atoms with Crippen LogP contribution in [0.3, 0.4) is 0 Å². The minimum atomic E-state index is -4.41. The molecule has 7 nitrogen and oxygen atoms in total. The minimum Gasteiger partial charge on any atom is -0.453 e. The van der Waals surface area contributed by atoms with Gasteiger partial charge < -0.3 is 19.7 Å². The summed E-state index contributed by atoms with van der Waals surface area (Å²) >= 11 is 6.11. The van der Waals surface area contributed by atoms with Gasteiger partial charge in [0, 0.05) is 22.7 Å². The fourth-order valence-electron chi connectivity index (χ4n) is 3.04. The molecule has 1 aliphatic heterocycles. The summed E-state index contributed by atoms with van der Waals surface area (Å²) in [6.45, 7) is 1.61. The number of rotatable bonds is 8. The van der Waals surface area contributed by atoms with E-state index in [2.05, 4.69) is 10.4 Å². The number of nitrogens with zero attached hydrogens (tertiary/aromatic N) is 3. The summed E-state index contributed by atoms with van der Waals surface area (Å²) in [6, 6.07) is 9.42. The average molecular weight is 485 g/mol. The Labute approximate surface area is 194 Å². The topological polar surface area (TPSA) is 66.4 Å².